The van der Waals surface area contributed by atoms with Crippen LogP contribution in [0.15, 0.2) is 28.7 Å². The van der Waals surface area contributed by atoms with Crippen LogP contribution in [0.5, 0.6) is 0 Å². The van der Waals surface area contributed by atoms with Gasteiger partial charge in [-0.05, 0) is 38.1 Å². The fourth-order valence-corrected chi connectivity index (χ4v) is 1.90. The van der Waals surface area contributed by atoms with Crippen molar-refractivity contribution in [1.82, 2.24) is 0 Å². The maximum absolute atomic E-state index is 13.2. The molecule has 0 saturated heterocycles. The highest BCUT2D eigenvalue weighted by molar-refractivity contribution is 6.09. The second-order valence-corrected chi connectivity index (χ2v) is 4.35. The Morgan fingerprint density at radius 2 is 1.80 bits per heavy atom. The Labute approximate surface area is 112 Å². The molecule has 0 spiro atoms. The first-order valence-electron chi connectivity index (χ1n) is 5.68. The van der Waals surface area contributed by atoms with Crippen LogP contribution in [-0.4, -0.2) is 5.78 Å². The van der Waals surface area contributed by atoms with Gasteiger partial charge in [-0.1, -0.05) is 0 Å². The lowest BCUT2D eigenvalue weighted by Gasteiger charge is -2.09. The lowest BCUT2D eigenvalue weighted by Crippen LogP contribution is -2.11. The van der Waals surface area contributed by atoms with Crippen molar-refractivity contribution in [2.24, 2.45) is 0 Å². The van der Waals surface area contributed by atoms with Crippen LogP contribution in [0.25, 0.3) is 0 Å². The van der Waals surface area contributed by atoms with Crippen molar-refractivity contribution in [3.8, 4) is 0 Å². The van der Waals surface area contributed by atoms with Crippen molar-refractivity contribution in [3.05, 3.63) is 58.3 Å². The molecule has 0 fully saturated rings. The predicted octanol–water partition coefficient (Wildman–Crippen LogP) is 4.29. The zero-order chi connectivity index (χ0) is 15.1. The van der Waals surface area contributed by atoms with Crippen LogP contribution in [0.2, 0.25) is 0 Å². The third-order valence-corrected chi connectivity index (χ3v) is 2.82. The molecule has 2 rings (SSSR count). The fourth-order valence-electron chi connectivity index (χ4n) is 1.90. The van der Waals surface area contributed by atoms with Gasteiger partial charge in [0.2, 0.25) is 0 Å². The highest BCUT2D eigenvalue weighted by Gasteiger charge is 2.34. The average Bonchev–Trinajstić information content (AvgIpc) is 2.66. The Hall–Kier alpha value is -2.11. The molecule has 0 aliphatic rings. The standard InChI is InChI=1S/C14H10F4O2/c1-7-5-10(8(2)20-7)13(19)9-3-4-12(15)11(6-9)14(16,17)18/h3-6H,1-2H3. The predicted molar refractivity (Wildman–Crippen MR) is 63.0 cm³/mol. The molecule has 20 heavy (non-hydrogen) atoms. The van der Waals surface area contributed by atoms with Crippen LogP contribution in [0, 0.1) is 19.7 Å². The fraction of sp³-hybridized carbons (Fsp3) is 0.214. The van der Waals surface area contributed by atoms with Gasteiger partial charge in [0, 0.05) is 5.56 Å². The minimum Gasteiger partial charge on any atom is -0.466 e. The van der Waals surface area contributed by atoms with Gasteiger partial charge in [0.05, 0.1) is 11.1 Å². The largest absolute Gasteiger partial charge is 0.466 e. The number of benzene rings is 1. The summed E-state index contributed by atoms with van der Waals surface area (Å²) in [5.74, 6) is -1.26. The monoisotopic (exact) mass is 286 g/mol. The summed E-state index contributed by atoms with van der Waals surface area (Å²) >= 11 is 0. The Morgan fingerprint density at radius 1 is 1.15 bits per heavy atom. The summed E-state index contributed by atoms with van der Waals surface area (Å²) in [5.41, 5.74) is -1.52. The zero-order valence-corrected chi connectivity index (χ0v) is 10.6. The molecular formula is C14H10F4O2. The third-order valence-electron chi connectivity index (χ3n) is 2.82. The molecular weight excluding hydrogens is 276 g/mol. The number of hydrogen-bond donors (Lipinski definition) is 0. The quantitative estimate of drug-likeness (QED) is 0.609. The highest BCUT2D eigenvalue weighted by atomic mass is 19.4. The smallest absolute Gasteiger partial charge is 0.419 e. The van der Waals surface area contributed by atoms with E-state index >= 15 is 0 Å². The number of halogens is 4. The number of alkyl halides is 3. The van der Waals surface area contributed by atoms with Crippen molar-refractivity contribution in [3.63, 3.8) is 0 Å². The molecule has 1 aromatic carbocycles. The normalized spacial score (nSPS) is 11.7. The van der Waals surface area contributed by atoms with Crippen molar-refractivity contribution >= 4 is 5.78 Å². The van der Waals surface area contributed by atoms with Crippen molar-refractivity contribution in [2.75, 3.05) is 0 Å². The first-order chi connectivity index (χ1) is 9.20. The van der Waals surface area contributed by atoms with Gasteiger partial charge in [-0.25, -0.2) is 4.39 Å². The molecule has 0 aliphatic carbocycles. The molecule has 2 nitrogen and oxygen atoms in total. The topological polar surface area (TPSA) is 30.2 Å². The summed E-state index contributed by atoms with van der Waals surface area (Å²) < 4.78 is 56.2. The van der Waals surface area contributed by atoms with E-state index in [0.717, 1.165) is 6.07 Å². The summed E-state index contributed by atoms with van der Waals surface area (Å²) in [6, 6.07) is 3.61. The van der Waals surface area contributed by atoms with E-state index in [0.29, 0.717) is 23.7 Å². The second kappa shape index (κ2) is 4.77. The molecule has 0 N–H and O–H groups in total. The number of carbonyl (C=O) groups excluding carboxylic acids is 1. The van der Waals surface area contributed by atoms with Gasteiger partial charge >= 0.3 is 6.18 Å². The Morgan fingerprint density at radius 3 is 2.30 bits per heavy atom. The first-order valence-corrected chi connectivity index (χ1v) is 5.68. The van der Waals surface area contributed by atoms with Gasteiger partial charge in [0.1, 0.15) is 17.3 Å². The SMILES string of the molecule is Cc1cc(C(=O)c2ccc(F)c(C(F)(F)F)c2)c(C)o1. The molecule has 106 valence electrons. The molecule has 0 bridgehead atoms. The van der Waals surface area contributed by atoms with Crippen molar-refractivity contribution in [2.45, 2.75) is 20.0 Å². The summed E-state index contributed by atoms with van der Waals surface area (Å²) in [4.78, 5) is 12.1. The van der Waals surface area contributed by atoms with Gasteiger partial charge in [0.15, 0.2) is 5.78 Å². The Kier molecular flexibility index (Phi) is 3.41. The van der Waals surface area contributed by atoms with Crippen LogP contribution in [-0.2, 0) is 6.18 Å². The van der Waals surface area contributed by atoms with E-state index in [9.17, 15) is 22.4 Å². The molecule has 6 heteroatoms. The van der Waals surface area contributed by atoms with E-state index in [1.54, 1.807) is 6.92 Å². The van der Waals surface area contributed by atoms with E-state index in [1.165, 1.54) is 13.0 Å². The van der Waals surface area contributed by atoms with Crippen LogP contribution in [0.1, 0.15) is 33.0 Å². The van der Waals surface area contributed by atoms with Crippen LogP contribution >= 0.6 is 0 Å². The number of furan rings is 1. The lowest BCUT2D eigenvalue weighted by atomic mass is 10.0. The van der Waals surface area contributed by atoms with E-state index in [4.69, 9.17) is 4.42 Å². The van der Waals surface area contributed by atoms with Crippen LogP contribution in [0.3, 0.4) is 0 Å². The number of aryl methyl sites for hydroxylation is 2. The van der Waals surface area contributed by atoms with Gasteiger partial charge in [0.25, 0.3) is 0 Å². The van der Waals surface area contributed by atoms with Gasteiger partial charge < -0.3 is 4.42 Å². The molecule has 0 atom stereocenters. The molecule has 1 aromatic heterocycles. The molecule has 0 aliphatic heterocycles. The highest BCUT2D eigenvalue weighted by Crippen LogP contribution is 2.32. The van der Waals surface area contributed by atoms with Crippen molar-refractivity contribution in [1.29, 1.82) is 0 Å². The third kappa shape index (κ3) is 2.59. The van der Waals surface area contributed by atoms with E-state index in [2.05, 4.69) is 0 Å². The van der Waals surface area contributed by atoms with Crippen LogP contribution in [0.4, 0.5) is 17.6 Å². The summed E-state index contributed by atoms with van der Waals surface area (Å²) in [6.07, 6.45) is -4.85. The molecule has 0 saturated carbocycles. The Balaban J connectivity index is 2.49. The lowest BCUT2D eigenvalue weighted by molar-refractivity contribution is -0.140. The van der Waals surface area contributed by atoms with Gasteiger partial charge in [-0.15, -0.1) is 0 Å². The number of ketones is 1. The van der Waals surface area contributed by atoms with E-state index in [1.807, 2.05) is 0 Å². The van der Waals surface area contributed by atoms with Gasteiger partial charge in [-0.3, -0.25) is 4.79 Å². The number of hydrogen-bond acceptors (Lipinski definition) is 2. The molecule has 0 unspecified atom stereocenters. The summed E-state index contributed by atoms with van der Waals surface area (Å²) in [6.45, 7) is 3.16. The molecule has 2 aromatic rings. The van der Waals surface area contributed by atoms with E-state index in [-0.39, 0.29) is 11.1 Å². The molecule has 0 radical (unpaired) electrons. The number of carbonyl (C=O) groups is 1. The van der Waals surface area contributed by atoms with Gasteiger partial charge in [-0.2, -0.15) is 13.2 Å². The van der Waals surface area contributed by atoms with Crippen molar-refractivity contribution < 1.29 is 26.8 Å². The summed E-state index contributed by atoms with van der Waals surface area (Å²) in [5, 5.41) is 0. The molecule has 0 amide bonds. The van der Waals surface area contributed by atoms with Crippen LogP contribution < -0.4 is 0 Å². The Bertz CT molecular complexity index is 668. The maximum Gasteiger partial charge on any atom is 0.419 e. The summed E-state index contributed by atoms with van der Waals surface area (Å²) in [7, 11) is 0. The second-order valence-electron chi connectivity index (χ2n) is 4.35. The molecule has 1 heterocycles. The average molecular weight is 286 g/mol. The maximum atomic E-state index is 13.2. The first kappa shape index (κ1) is 14.3. The minimum absolute atomic E-state index is 0.169. The minimum atomic E-state index is -4.85. The zero-order valence-electron chi connectivity index (χ0n) is 10.6. The number of rotatable bonds is 2. The van der Waals surface area contributed by atoms with E-state index < -0.39 is 23.3 Å².